The third kappa shape index (κ3) is 3.16. The molecule has 0 N–H and O–H groups in total. The van der Waals surface area contributed by atoms with Gasteiger partial charge in [-0.05, 0) is 49.3 Å². The highest BCUT2D eigenvalue weighted by Crippen LogP contribution is 2.34. The van der Waals surface area contributed by atoms with Crippen molar-refractivity contribution in [1.82, 2.24) is 9.80 Å². The lowest BCUT2D eigenvalue weighted by Crippen LogP contribution is -2.53. The molecule has 1 amide bonds. The Balaban J connectivity index is 1.35. The number of rotatable bonds is 3. The molecular weight excluding hydrogens is 284 g/mol. The van der Waals surface area contributed by atoms with Gasteiger partial charge in [0.15, 0.2) is 0 Å². The summed E-state index contributed by atoms with van der Waals surface area (Å²) in [4.78, 5) is 17.3. The van der Waals surface area contributed by atoms with Crippen molar-refractivity contribution in [3.63, 3.8) is 0 Å². The first-order valence-electron chi connectivity index (χ1n) is 9.44. The van der Waals surface area contributed by atoms with E-state index in [1.54, 1.807) is 0 Å². The number of hydrogen-bond donors (Lipinski definition) is 0. The fraction of sp³-hybridized carbons (Fsp3) is 0.650. The van der Waals surface area contributed by atoms with Crippen molar-refractivity contribution in [1.29, 1.82) is 0 Å². The summed E-state index contributed by atoms with van der Waals surface area (Å²) in [5.41, 5.74) is 2.29. The van der Waals surface area contributed by atoms with Crippen molar-refractivity contribution in [2.24, 2.45) is 0 Å². The molecule has 23 heavy (non-hydrogen) atoms. The summed E-state index contributed by atoms with van der Waals surface area (Å²) < 4.78 is 0. The summed E-state index contributed by atoms with van der Waals surface area (Å²) in [5.74, 6) is 0.946. The summed E-state index contributed by atoms with van der Waals surface area (Å²) in [5, 5.41) is 0. The van der Waals surface area contributed by atoms with Crippen molar-refractivity contribution in [3.05, 3.63) is 35.4 Å². The third-order valence-electron chi connectivity index (χ3n) is 6.18. The maximum Gasteiger partial charge on any atom is 0.253 e. The third-order valence-corrected chi connectivity index (χ3v) is 6.18. The molecule has 2 saturated carbocycles. The number of hydrogen-bond acceptors (Lipinski definition) is 2. The predicted octanol–water partition coefficient (Wildman–Crippen LogP) is 3.65. The zero-order valence-electron chi connectivity index (χ0n) is 14.0. The zero-order chi connectivity index (χ0) is 15.6. The van der Waals surface area contributed by atoms with Gasteiger partial charge < -0.3 is 4.90 Å². The Bertz CT molecular complexity index is 535. The smallest absolute Gasteiger partial charge is 0.253 e. The van der Waals surface area contributed by atoms with Crippen LogP contribution in [0, 0.1) is 0 Å². The second kappa shape index (κ2) is 6.64. The minimum Gasteiger partial charge on any atom is -0.336 e. The normalized spacial score (nSPS) is 23.9. The molecule has 0 aromatic heterocycles. The van der Waals surface area contributed by atoms with E-state index >= 15 is 0 Å². The monoisotopic (exact) mass is 312 g/mol. The van der Waals surface area contributed by atoms with Gasteiger partial charge in [-0.3, -0.25) is 9.69 Å². The number of nitrogens with zero attached hydrogens (tertiary/aromatic N) is 2. The van der Waals surface area contributed by atoms with Crippen LogP contribution < -0.4 is 0 Å². The standard InChI is InChI=1S/C20H28N2O/c23-20(22-14-12-21(13-15-22)19-6-3-7-19)18-10-8-17(9-11-18)16-4-1-2-5-16/h8-11,16,19H,1-7,12-15H2. The second-order valence-electron chi connectivity index (χ2n) is 7.52. The molecule has 1 heterocycles. The quantitative estimate of drug-likeness (QED) is 0.850. The average Bonchev–Trinajstić information content (AvgIpc) is 3.08. The Morgan fingerprint density at radius 2 is 1.48 bits per heavy atom. The molecule has 3 aliphatic rings. The highest BCUT2D eigenvalue weighted by atomic mass is 16.2. The summed E-state index contributed by atoms with van der Waals surface area (Å²) in [7, 11) is 0. The van der Waals surface area contributed by atoms with E-state index in [0.717, 1.165) is 43.7 Å². The predicted molar refractivity (Wildman–Crippen MR) is 92.8 cm³/mol. The first-order chi connectivity index (χ1) is 11.3. The number of benzene rings is 1. The van der Waals surface area contributed by atoms with E-state index in [9.17, 15) is 4.79 Å². The van der Waals surface area contributed by atoms with Crippen LogP contribution in [0.4, 0.5) is 0 Å². The fourth-order valence-corrected chi connectivity index (χ4v) is 4.38. The lowest BCUT2D eigenvalue weighted by molar-refractivity contribution is 0.0455. The molecule has 4 rings (SSSR count). The molecule has 0 atom stereocenters. The second-order valence-corrected chi connectivity index (χ2v) is 7.52. The summed E-state index contributed by atoms with van der Waals surface area (Å²) >= 11 is 0. The molecule has 124 valence electrons. The van der Waals surface area contributed by atoms with Crippen molar-refractivity contribution in [2.75, 3.05) is 26.2 Å². The van der Waals surface area contributed by atoms with Crippen LogP contribution in [0.2, 0.25) is 0 Å². The Hall–Kier alpha value is -1.35. The van der Waals surface area contributed by atoms with Crippen LogP contribution in [-0.2, 0) is 0 Å². The molecule has 1 aromatic carbocycles. The Labute approximate surface area is 139 Å². The SMILES string of the molecule is O=C(c1ccc(C2CCCC2)cc1)N1CCN(C2CCC2)CC1. The van der Waals surface area contributed by atoms with Gasteiger partial charge in [0.05, 0.1) is 0 Å². The largest absolute Gasteiger partial charge is 0.336 e. The van der Waals surface area contributed by atoms with Crippen molar-refractivity contribution >= 4 is 5.91 Å². The van der Waals surface area contributed by atoms with E-state index in [-0.39, 0.29) is 5.91 Å². The van der Waals surface area contributed by atoms with Gasteiger partial charge in [0, 0.05) is 37.8 Å². The molecule has 3 heteroatoms. The Morgan fingerprint density at radius 3 is 2.04 bits per heavy atom. The molecule has 1 aliphatic heterocycles. The topological polar surface area (TPSA) is 23.6 Å². The molecule has 2 aliphatic carbocycles. The van der Waals surface area contributed by atoms with Gasteiger partial charge in [0.2, 0.25) is 0 Å². The lowest BCUT2D eigenvalue weighted by Gasteiger charge is -2.42. The van der Waals surface area contributed by atoms with Crippen LogP contribution in [0.15, 0.2) is 24.3 Å². The summed E-state index contributed by atoms with van der Waals surface area (Å²) in [6.45, 7) is 3.88. The highest BCUT2D eigenvalue weighted by Gasteiger charge is 2.29. The lowest BCUT2D eigenvalue weighted by atomic mass is 9.91. The molecule has 0 bridgehead atoms. The van der Waals surface area contributed by atoms with Gasteiger partial charge in [-0.25, -0.2) is 0 Å². The number of carbonyl (C=O) groups is 1. The van der Waals surface area contributed by atoms with E-state index in [0.29, 0.717) is 0 Å². The van der Waals surface area contributed by atoms with Gasteiger partial charge in [0.25, 0.3) is 5.91 Å². The Morgan fingerprint density at radius 1 is 0.826 bits per heavy atom. The molecule has 0 radical (unpaired) electrons. The van der Waals surface area contributed by atoms with Gasteiger partial charge in [-0.2, -0.15) is 0 Å². The first-order valence-corrected chi connectivity index (χ1v) is 9.44. The van der Waals surface area contributed by atoms with Crippen molar-refractivity contribution < 1.29 is 4.79 Å². The molecule has 1 saturated heterocycles. The van der Waals surface area contributed by atoms with Gasteiger partial charge >= 0.3 is 0 Å². The number of amides is 1. The average molecular weight is 312 g/mol. The van der Waals surface area contributed by atoms with E-state index in [1.807, 2.05) is 17.0 Å². The zero-order valence-corrected chi connectivity index (χ0v) is 14.0. The highest BCUT2D eigenvalue weighted by molar-refractivity contribution is 5.94. The number of carbonyl (C=O) groups excluding carboxylic acids is 1. The van der Waals surface area contributed by atoms with Crippen molar-refractivity contribution in [3.8, 4) is 0 Å². The summed E-state index contributed by atoms with van der Waals surface area (Å²) in [6, 6.07) is 9.28. The van der Waals surface area contributed by atoms with Crippen LogP contribution in [0.25, 0.3) is 0 Å². The van der Waals surface area contributed by atoms with Crippen LogP contribution in [-0.4, -0.2) is 47.9 Å². The van der Waals surface area contributed by atoms with Crippen LogP contribution in [0.1, 0.15) is 66.8 Å². The maximum absolute atomic E-state index is 12.7. The maximum atomic E-state index is 12.7. The van der Waals surface area contributed by atoms with E-state index in [1.165, 1.54) is 50.5 Å². The minimum atomic E-state index is 0.219. The molecule has 3 fully saturated rings. The van der Waals surface area contributed by atoms with Crippen LogP contribution in [0.3, 0.4) is 0 Å². The molecule has 0 spiro atoms. The fourth-order valence-electron chi connectivity index (χ4n) is 4.38. The Kier molecular flexibility index (Phi) is 4.39. The van der Waals surface area contributed by atoms with Crippen molar-refractivity contribution in [2.45, 2.75) is 56.9 Å². The first kappa shape index (κ1) is 15.2. The molecule has 3 nitrogen and oxygen atoms in total. The van der Waals surface area contributed by atoms with E-state index in [4.69, 9.17) is 0 Å². The van der Waals surface area contributed by atoms with Gasteiger partial charge in [-0.1, -0.05) is 31.4 Å². The van der Waals surface area contributed by atoms with Gasteiger partial charge in [-0.15, -0.1) is 0 Å². The molecule has 0 unspecified atom stereocenters. The molecular formula is C20H28N2O. The number of piperazine rings is 1. The van der Waals surface area contributed by atoms with E-state index in [2.05, 4.69) is 17.0 Å². The van der Waals surface area contributed by atoms with Crippen LogP contribution >= 0.6 is 0 Å². The van der Waals surface area contributed by atoms with E-state index < -0.39 is 0 Å². The molecule has 1 aromatic rings. The minimum absolute atomic E-state index is 0.219. The van der Waals surface area contributed by atoms with Crippen LogP contribution in [0.5, 0.6) is 0 Å². The summed E-state index contributed by atoms with van der Waals surface area (Å²) in [6.07, 6.45) is 9.45. The van der Waals surface area contributed by atoms with Gasteiger partial charge in [0.1, 0.15) is 0 Å².